The largest absolute Gasteiger partial charge is 0.479 e. The lowest BCUT2D eigenvalue weighted by Gasteiger charge is -2.41. The number of carboxylic acids is 1. The van der Waals surface area contributed by atoms with Gasteiger partial charge in [0.2, 0.25) is 0 Å². The second-order valence-electron chi connectivity index (χ2n) is 13.1. The molecule has 1 aliphatic rings. The van der Waals surface area contributed by atoms with E-state index in [-0.39, 0.29) is 5.60 Å². The molecule has 0 bridgehead atoms. The molecule has 0 radical (unpaired) electrons. The van der Waals surface area contributed by atoms with Crippen molar-refractivity contribution < 1.29 is 24.1 Å². The minimum absolute atomic E-state index is 0.309. The first-order valence-corrected chi connectivity index (χ1v) is 15.9. The van der Waals surface area contributed by atoms with Gasteiger partial charge in [0.1, 0.15) is 11.5 Å². The predicted molar refractivity (Wildman–Crippen MR) is 179 cm³/mol. The van der Waals surface area contributed by atoms with Crippen molar-refractivity contribution in [3.63, 3.8) is 0 Å². The van der Waals surface area contributed by atoms with Crippen LogP contribution in [0.2, 0.25) is 0 Å². The van der Waals surface area contributed by atoms with Gasteiger partial charge < -0.3 is 24.2 Å². The van der Waals surface area contributed by atoms with Gasteiger partial charge in [-0.2, -0.15) is 9.61 Å². The van der Waals surface area contributed by atoms with Gasteiger partial charge in [-0.15, -0.1) is 18.3 Å². The van der Waals surface area contributed by atoms with Crippen molar-refractivity contribution in [2.45, 2.75) is 77.9 Å². The van der Waals surface area contributed by atoms with Crippen molar-refractivity contribution in [3.8, 4) is 11.3 Å². The van der Waals surface area contributed by atoms with E-state index in [0.717, 1.165) is 29.7 Å². The van der Waals surface area contributed by atoms with E-state index in [1.807, 2.05) is 64.2 Å². The summed E-state index contributed by atoms with van der Waals surface area (Å²) in [6.45, 7) is 20.0. The van der Waals surface area contributed by atoms with Crippen molar-refractivity contribution in [1.29, 1.82) is 0 Å². The van der Waals surface area contributed by atoms with E-state index in [2.05, 4.69) is 35.3 Å². The molecule has 0 aliphatic carbocycles. The van der Waals surface area contributed by atoms with E-state index >= 15 is 0 Å². The Morgan fingerprint density at radius 3 is 2.55 bits per heavy atom. The molecule has 1 atom stereocenters. The topological polar surface area (TPSA) is 129 Å². The number of piperidine rings is 1. The highest BCUT2D eigenvalue weighted by Crippen LogP contribution is 2.37. The summed E-state index contributed by atoms with van der Waals surface area (Å²) in [5, 5.41) is 24.2. The number of aliphatic carboxylic acids is 1. The number of fused-ring (bicyclic) bond motifs is 1. The van der Waals surface area contributed by atoms with Crippen molar-refractivity contribution in [1.82, 2.24) is 29.6 Å². The molecule has 250 valence electrons. The Hall–Kier alpha value is -4.39. The number of ether oxygens (including phenoxy) is 3. The predicted octanol–water partition coefficient (Wildman–Crippen LogP) is 5.55. The Kier molecular flexibility index (Phi) is 10.2. The van der Waals surface area contributed by atoms with E-state index in [1.165, 1.54) is 0 Å². The van der Waals surface area contributed by atoms with Gasteiger partial charge in [0.05, 0.1) is 55.0 Å². The van der Waals surface area contributed by atoms with Crippen LogP contribution in [0.1, 0.15) is 69.2 Å². The van der Waals surface area contributed by atoms with Gasteiger partial charge in [0.15, 0.2) is 11.8 Å². The molecule has 0 amide bonds. The number of benzene rings is 1. The molecule has 0 spiro atoms. The van der Waals surface area contributed by atoms with Crippen LogP contribution in [0.5, 0.6) is 0 Å². The smallest absolute Gasteiger partial charge is 0.337 e. The standard InChI is InChI=1S/C35H45N7O5/c1-8-18-45-23-25-12-10-11-13-27(25)28-22-41(39-37-28)21-26-20-29-36-24(3)30(31(33(43)44)47-34(4,5)6)32(42(29)38-26)40-16-14-35(7,15-17-40)46-19-9-2/h8-13,20,22,31H,1-2,14-19,21,23H2,3-7H3,(H,43,44). The van der Waals surface area contributed by atoms with Crippen LogP contribution < -0.4 is 4.90 Å². The van der Waals surface area contributed by atoms with Gasteiger partial charge in [0, 0.05) is 30.4 Å². The number of rotatable bonds is 14. The highest BCUT2D eigenvalue weighted by molar-refractivity contribution is 5.78. The molecule has 4 heterocycles. The van der Waals surface area contributed by atoms with Gasteiger partial charge >= 0.3 is 5.97 Å². The van der Waals surface area contributed by atoms with E-state index in [0.29, 0.717) is 67.9 Å². The maximum Gasteiger partial charge on any atom is 0.337 e. The van der Waals surface area contributed by atoms with Crippen LogP contribution in [0, 0.1) is 6.92 Å². The van der Waals surface area contributed by atoms with Crippen LogP contribution >= 0.6 is 0 Å². The molecular formula is C35H45N7O5. The average Bonchev–Trinajstić information content (AvgIpc) is 3.65. The zero-order chi connectivity index (χ0) is 33.8. The third-order valence-corrected chi connectivity index (χ3v) is 8.13. The number of hydrogen-bond donors (Lipinski definition) is 1. The third kappa shape index (κ3) is 7.95. The molecule has 1 aromatic carbocycles. The highest BCUT2D eigenvalue weighted by atomic mass is 16.5. The van der Waals surface area contributed by atoms with Gasteiger partial charge in [-0.05, 0) is 53.0 Å². The SMILES string of the molecule is C=CCOCc1ccccc1-c1cn(Cc2cc3nc(C)c(C(OC(C)(C)C)C(=O)O)c(N4CCC(C)(OCC=C)CC4)n3n2)nn1. The van der Waals surface area contributed by atoms with E-state index in [4.69, 9.17) is 24.3 Å². The highest BCUT2D eigenvalue weighted by Gasteiger charge is 2.37. The van der Waals surface area contributed by atoms with Crippen LogP contribution in [0.4, 0.5) is 5.82 Å². The van der Waals surface area contributed by atoms with Crippen LogP contribution in [-0.2, 0) is 32.2 Å². The molecule has 1 saturated heterocycles. The summed E-state index contributed by atoms with van der Waals surface area (Å²) in [5.41, 5.74) is 4.02. The molecule has 4 aromatic rings. The molecular weight excluding hydrogens is 598 g/mol. The molecule has 1 unspecified atom stereocenters. The number of nitrogens with zero attached hydrogens (tertiary/aromatic N) is 7. The lowest BCUT2D eigenvalue weighted by atomic mass is 9.92. The zero-order valence-corrected chi connectivity index (χ0v) is 28.0. The first-order valence-electron chi connectivity index (χ1n) is 15.9. The van der Waals surface area contributed by atoms with Crippen molar-refractivity contribution in [3.05, 3.63) is 84.4 Å². The molecule has 1 aliphatic heterocycles. The van der Waals surface area contributed by atoms with Gasteiger partial charge in [0.25, 0.3) is 0 Å². The quantitative estimate of drug-likeness (QED) is 0.138. The molecule has 1 fully saturated rings. The van der Waals surface area contributed by atoms with E-state index in [9.17, 15) is 9.90 Å². The normalized spacial score (nSPS) is 15.6. The molecule has 12 heteroatoms. The van der Waals surface area contributed by atoms with Gasteiger partial charge in [-0.1, -0.05) is 41.6 Å². The molecule has 5 rings (SSSR count). The summed E-state index contributed by atoms with van der Waals surface area (Å²) in [7, 11) is 0. The lowest BCUT2D eigenvalue weighted by Crippen LogP contribution is -2.45. The fourth-order valence-corrected chi connectivity index (χ4v) is 5.85. The van der Waals surface area contributed by atoms with Crippen molar-refractivity contribution in [2.75, 3.05) is 31.2 Å². The maximum atomic E-state index is 12.7. The molecule has 47 heavy (non-hydrogen) atoms. The third-order valence-electron chi connectivity index (χ3n) is 8.13. The Bertz CT molecular complexity index is 1730. The van der Waals surface area contributed by atoms with Crippen molar-refractivity contribution >= 4 is 17.4 Å². The fourth-order valence-electron chi connectivity index (χ4n) is 5.85. The summed E-state index contributed by atoms with van der Waals surface area (Å²) in [5.74, 6) is -0.423. The van der Waals surface area contributed by atoms with Crippen LogP contribution in [0.3, 0.4) is 0 Å². The minimum Gasteiger partial charge on any atom is -0.479 e. The maximum absolute atomic E-state index is 12.7. The second kappa shape index (κ2) is 14.2. The Labute approximate surface area is 275 Å². The van der Waals surface area contributed by atoms with Crippen molar-refractivity contribution in [2.24, 2.45) is 0 Å². The van der Waals surface area contributed by atoms with E-state index in [1.54, 1.807) is 21.3 Å². The number of hydrogen-bond acceptors (Lipinski definition) is 9. The number of aromatic nitrogens is 6. The second-order valence-corrected chi connectivity index (χ2v) is 13.1. The summed E-state index contributed by atoms with van der Waals surface area (Å²) >= 11 is 0. The minimum atomic E-state index is -1.24. The fraction of sp³-hybridized carbons (Fsp3) is 0.457. The average molecular weight is 644 g/mol. The lowest BCUT2D eigenvalue weighted by molar-refractivity contribution is -0.160. The number of anilines is 1. The number of carbonyl (C=O) groups is 1. The van der Waals surface area contributed by atoms with Gasteiger partial charge in [-0.25, -0.2) is 14.5 Å². The Morgan fingerprint density at radius 1 is 1.15 bits per heavy atom. The molecule has 1 N–H and O–H groups in total. The van der Waals surface area contributed by atoms with E-state index < -0.39 is 17.7 Å². The first-order chi connectivity index (χ1) is 22.4. The first kappa shape index (κ1) is 34.0. The monoisotopic (exact) mass is 643 g/mol. The summed E-state index contributed by atoms with van der Waals surface area (Å²) < 4.78 is 21.4. The zero-order valence-electron chi connectivity index (χ0n) is 28.0. The number of aryl methyl sites for hydroxylation is 1. The summed E-state index contributed by atoms with van der Waals surface area (Å²) in [6.07, 6.45) is 5.61. The Balaban J connectivity index is 1.51. The summed E-state index contributed by atoms with van der Waals surface area (Å²) in [6, 6.07) is 9.84. The van der Waals surface area contributed by atoms with Crippen LogP contribution in [0.15, 0.2) is 61.8 Å². The Morgan fingerprint density at radius 2 is 1.87 bits per heavy atom. The van der Waals surface area contributed by atoms with Gasteiger partial charge in [-0.3, -0.25) is 0 Å². The molecule has 12 nitrogen and oxygen atoms in total. The van der Waals surface area contributed by atoms with Crippen LogP contribution in [0.25, 0.3) is 16.9 Å². The summed E-state index contributed by atoms with van der Waals surface area (Å²) in [4.78, 5) is 19.7. The molecule has 0 saturated carbocycles. The molecule has 3 aromatic heterocycles. The number of carboxylic acid groups (broad SMARTS) is 1. The van der Waals surface area contributed by atoms with Crippen LogP contribution in [-0.4, -0.2) is 78.2 Å².